The molecule has 1 aromatic carbocycles. The molecule has 0 spiro atoms. The third-order valence-electron chi connectivity index (χ3n) is 3.33. The van der Waals surface area contributed by atoms with Crippen molar-refractivity contribution in [3.05, 3.63) is 29.3 Å². The van der Waals surface area contributed by atoms with Crippen LogP contribution in [0, 0.1) is 6.92 Å². The van der Waals surface area contributed by atoms with Crippen LogP contribution in [0.2, 0.25) is 0 Å². The minimum Gasteiger partial charge on any atom is -0.316 e. The minimum atomic E-state index is -3.39. The van der Waals surface area contributed by atoms with E-state index in [0.717, 1.165) is 24.0 Å². The van der Waals surface area contributed by atoms with Crippen LogP contribution in [0.25, 0.3) is 0 Å². The van der Waals surface area contributed by atoms with Crippen LogP contribution < -0.4 is 5.32 Å². The number of rotatable bonds is 8. The lowest BCUT2D eigenvalue weighted by molar-refractivity contribution is 0.409. The smallest absolute Gasteiger partial charge is 0.243 e. The van der Waals surface area contributed by atoms with Gasteiger partial charge in [0, 0.05) is 19.6 Å². The maximum Gasteiger partial charge on any atom is 0.243 e. The third-order valence-corrected chi connectivity index (χ3v) is 5.37. The Kier molecular flexibility index (Phi) is 6.65. The van der Waals surface area contributed by atoms with Crippen LogP contribution in [-0.2, 0) is 16.6 Å². The van der Waals surface area contributed by atoms with Gasteiger partial charge in [0.2, 0.25) is 10.0 Å². The first-order valence-corrected chi connectivity index (χ1v) is 8.66. The van der Waals surface area contributed by atoms with Crippen molar-refractivity contribution >= 4 is 10.0 Å². The Morgan fingerprint density at radius 2 is 1.75 bits per heavy atom. The van der Waals surface area contributed by atoms with Crippen LogP contribution in [0.3, 0.4) is 0 Å². The summed E-state index contributed by atoms with van der Waals surface area (Å²) in [6.45, 7) is 7.72. The largest absolute Gasteiger partial charge is 0.316 e. The van der Waals surface area contributed by atoms with Crippen molar-refractivity contribution in [2.24, 2.45) is 0 Å². The molecular weight excluding hydrogens is 272 g/mol. The van der Waals surface area contributed by atoms with Gasteiger partial charge in [0.25, 0.3) is 0 Å². The first-order chi connectivity index (χ1) is 9.48. The Morgan fingerprint density at radius 1 is 1.15 bits per heavy atom. The topological polar surface area (TPSA) is 49.4 Å². The fourth-order valence-corrected chi connectivity index (χ4v) is 4.20. The fourth-order valence-electron chi connectivity index (χ4n) is 2.31. The van der Waals surface area contributed by atoms with Crippen LogP contribution in [-0.4, -0.2) is 32.9 Å². The van der Waals surface area contributed by atoms with Gasteiger partial charge < -0.3 is 5.32 Å². The summed E-state index contributed by atoms with van der Waals surface area (Å²) >= 11 is 0. The zero-order valence-electron chi connectivity index (χ0n) is 12.9. The molecule has 0 bridgehead atoms. The van der Waals surface area contributed by atoms with Crippen molar-refractivity contribution in [3.8, 4) is 0 Å². The molecule has 4 nitrogen and oxygen atoms in total. The highest BCUT2D eigenvalue weighted by atomic mass is 32.2. The van der Waals surface area contributed by atoms with Gasteiger partial charge in [-0.2, -0.15) is 4.31 Å². The van der Waals surface area contributed by atoms with Crippen molar-refractivity contribution in [2.75, 3.05) is 20.1 Å². The lowest BCUT2D eigenvalue weighted by Gasteiger charge is -2.22. The summed E-state index contributed by atoms with van der Waals surface area (Å²) in [7, 11) is -1.53. The predicted molar refractivity (Wildman–Crippen MR) is 83.3 cm³/mol. The molecule has 1 N–H and O–H groups in total. The molecule has 114 valence electrons. The Labute approximate surface area is 123 Å². The maximum atomic E-state index is 12.8. The second kappa shape index (κ2) is 7.76. The molecule has 0 aromatic heterocycles. The van der Waals surface area contributed by atoms with Gasteiger partial charge in [-0.1, -0.05) is 26.0 Å². The van der Waals surface area contributed by atoms with Crippen molar-refractivity contribution in [2.45, 2.75) is 45.1 Å². The van der Waals surface area contributed by atoms with Gasteiger partial charge in [0.15, 0.2) is 0 Å². The number of hydrogen-bond donors (Lipinski definition) is 1. The standard InChI is InChI=1S/C15H26N2O2S/c1-5-10-17(11-6-2)20(18,19)15-9-7-8-14(12-16-4)13(15)3/h7-9,16H,5-6,10-12H2,1-4H3. The molecule has 0 aliphatic rings. The first kappa shape index (κ1) is 17.1. The van der Waals surface area contributed by atoms with Gasteiger partial charge in [-0.3, -0.25) is 0 Å². The summed E-state index contributed by atoms with van der Waals surface area (Å²) in [6.07, 6.45) is 1.66. The summed E-state index contributed by atoms with van der Waals surface area (Å²) in [6, 6.07) is 5.50. The molecule has 1 rings (SSSR count). The average Bonchev–Trinajstić information content (AvgIpc) is 2.41. The highest BCUT2D eigenvalue weighted by Gasteiger charge is 2.25. The molecule has 0 heterocycles. The quantitative estimate of drug-likeness (QED) is 0.802. The Morgan fingerprint density at radius 3 is 2.25 bits per heavy atom. The molecule has 0 fully saturated rings. The van der Waals surface area contributed by atoms with E-state index in [1.54, 1.807) is 10.4 Å². The molecule has 0 radical (unpaired) electrons. The Bertz CT molecular complexity index is 521. The van der Waals surface area contributed by atoms with E-state index in [4.69, 9.17) is 0 Å². The zero-order valence-corrected chi connectivity index (χ0v) is 13.8. The fraction of sp³-hybridized carbons (Fsp3) is 0.600. The van der Waals surface area contributed by atoms with Crippen molar-refractivity contribution in [1.29, 1.82) is 0 Å². The normalized spacial score (nSPS) is 12.1. The zero-order chi connectivity index (χ0) is 15.2. The second-order valence-corrected chi connectivity index (χ2v) is 6.88. The van der Waals surface area contributed by atoms with Gasteiger partial charge in [-0.05, 0) is 44.0 Å². The van der Waals surface area contributed by atoms with Crippen molar-refractivity contribution in [1.82, 2.24) is 9.62 Å². The average molecular weight is 298 g/mol. The predicted octanol–water partition coefficient (Wildman–Crippen LogP) is 2.53. The highest BCUT2D eigenvalue weighted by Crippen LogP contribution is 2.23. The number of benzene rings is 1. The van der Waals surface area contributed by atoms with Gasteiger partial charge in [-0.25, -0.2) is 8.42 Å². The molecule has 0 aliphatic heterocycles. The lowest BCUT2D eigenvalue weighted by atomic mass is 10.1. The monoisotopic (exact) mass is 298 g/mol. The van der Waals surface area contributed by atoms with E-state index in [0.29, 0.717) is 24.5 Å². The second-order valence-electron chi connectivity index (χ2n) is 4.97. The number of hydrogen-bond acceptors (Lipinski definition) is 3. The molecule has 0 saturated carbocycles. The van der Waals surface area contributed by atoms with Crippen LogP contribution in [0.15, 0.2) is 23.1 Å². The van der Waals surface area contributed by atoms with Crippen LogP contribution in [0.4, 0.5) is 0 Å². The number of nitrogens with one attached hydrogen (secondary N) is 1. The summed E-state index contributed by atoms with van der Waals surface area (Å²) in [5.41, 5.74) is 1.88. The van der Waals surface area contributed by atoms with E-state index in [2.05, 4.69) is 5.32 Å². The molecule has 0 atom stereocenters. The summed E-state index contributed by atoms with van der Waals surface area (Å²) in [5.74, 6) is 0. The Hall–Kier alpha value is -0.910. The van der Waals surface area contributed by atoms with E-state index in [1.165, 1.54) is 0 Å². The molecule has 5 heteroatoms. The molecule has 0 amide bonds. The highest BCUT2D eigenvalue weighted by molar-refractivity contribution is 7.89. The van der Waals surface area contributed by atoms with Gasteiger partial charge in [0.1, 0.15) is 0 Å². The van der Waals surface area contributed by atoms with Crippen LogP contribution in [0.1, 0.15) is 37.8 Å². The number of sulfonamides is 1. The van der Waals surface area contributed by atoms with Crippen molar-refractivity contribution < 1.29 is 8.42 Å². The SMILES string of the molecule is CCCN(CCC)S(=O)(=O)c1cccc(CNC)c1C. The minimum absolute atomic E-state index is 0.437. The molecular formula is C15H26N2O2S. The molecule has 20 heavy (non-hydrogen) atoms. The lowest BCUT2D eigenvalue weighted by Crippen LogP contribution is -2.33. The van der Waals surface area contributed by atoms with E-state index >= 15 is 0 Å². The van der Waals surface area contributed by atoms with E-state index in [1.807, 2.05) is 40.0 Å². The van der Waals surface area contributed by atoms with Gasteiger partial charge in [0.05, 0.1) is 4.90 Å². The molecule has 1 aromatic rings. The number of nitrogens with zero attached hydrogens (tertiary/aromatic N) is 1. The molecule has 0 aliphatic carbocycles. The van der Waals surface area contributed by atoms with E-state index < -0.39 is 10.0 Å². The molecule has 0 saturated heterocycles. The van der Waals surface area contributed by atoms with Gasteiger partial charge >= 0.3 is 0 Å². The first-order valence-electron chi connectivity index (χ1n) is 7.22. The van der Waals surface area contributed by atoms with E-state index in [-0.39, 0.29) is 0 Å². The van der Waals surface area contributed by atoms with Crippen molar-refractivity contribution in [3.63, 3.8) is 0 Å². The third kappa shape index (κ3) is 3.81. The van der Waals surface area contributed by atoms with Crippen LogP contribution >= 0.6 is 0 Å². The maximum absolute atomic E-state index is 12.8. The van der Waals surface area contributed by atoms with Gasteiger partial charge in [-0.15, -0.1) is 0 Å². The van der Waals surface area contributed by atoms with Crippen LogP contribution in [0.5, 0.6) is 0 Å². The summed E-state index contributed by atoms with van der Waals surface area (Å²) < 4.78 is 27.2. The summed E-state index contributed by atoms with van der Waals surface area (Å²) in [4.78, 5) is 0.437. The molecule has 0 unspecified atom stereocenters. The Balaban J connectivity index is 3.23. The summed E-state index contributed by atoms with van der Waals surface area (Å²) in [5, 5.41) is 3.07. The van der Waals surface area contributed by atoms with E-state index in [9.17, 15) is 8.42 Å².